The number of rotatable bonds is 4. The summed E-state index contributed by atoms with van der Waals surface area (Å²) in [4.78, 5) is 3.27. The fourth-order valence-electron chi connectivity index (χ4n) is 2.38. The molecule has 3 nitrogen and oxygen atoms in total. The Labute approximate surface area is 108 Å². The predicted molar refractivity (Wildman–Crippen MR) is 64.2 cm³/mol. The van der Waals surface area contributed by atoms with Crippen molar-refractivity contribution in [3.05, 3.63) is 35.9 Å². The summed E-state index contributed by atoms with van der Waals surface area (Å²) in [6, 6.07) is 10.4. The SMILES string of the molecule is COCCC1C[NH+]=C(N)C1c1ccccc1.[Cl-]. The van der Waals surface area contributed by atoms with Gasteiger partial charge in [0.1, 0.15) is 0 Å². The van der Waals surface area contributed by atoms with Crippen LogP contribution in [-0.2, 0) is 4.74 Å². The molecule has 0 spiro atoms. The maximum absolute atomic E-state index is 6.04. The van der Waals surface area contributed by atoms with Gasteiger partial charge in [-0.3, -0.25) is 10.7 Å². The number of methoxy groups -OCH3 is 1. The third-order valence-electron chi connectivity index (χ3n) is 3.23. The van der Waals surface area contributed by atoms with Gasteiger partial charge in [0, 0.05) is 19.6 Å². The van der Waals surface area contributed by atoms with Crippen LogP contribution in [0.2, 0.25) is 0 Å². The molecular weight excluding hydrogens is 236 g/mol. The normalized spacial score (nSPS) is 23.0. The van der Waals surface area contributed by atoms with E-state index in [1.54, 1.807) is 7.11 Å². The molecule has 4 heteroatoms. The van der Waals surface area contributed by atoms with Gasteiger partial charge in [-0.15, -0.1) is 0 Å². The van der Waals surface area contributed by atoms with E-state index < -0.39 is 0 Å². The zero-order chi connectivity index (χ0) is 11.4. The number of halogens is 1. The highest BCUT2D eigenvalue weighted by molar-refractivity contribution is 5.83. The summed E-state index contributed by atoms with van der Waals surface area (Å²) in [5, 5.41) is 0. The van der Waals surface area contributed by atoms with E-state index in [1.165, 1.54) is 5.56 Å². The minimum Gasteiger partial charge on any atom is -1.00 e. The van der Waals surface area contributed by atoms with Gasteiger partial charge in [0.25, 0.3) is 0 Å². The van der Waals surface area contributed by atoms with Gasteiger partial charge in [-0.2, -0.15) is 0 Å². The Morgan fingerprint density at radius 3 is 2.71 bits per heavy atom. The van der Waals surface area contributed by atoms with Crippen molar-refractivity contribution in [1.29, 1.82) is 0 Å². The van der Waals surface area contributed by atoms with Crippen molar-refractivity contribution in [2.24, 2.45) is 11.7 Å². The van der Waals surface area contributed by atoms with Gasteiger partial charge < -0.3 is 17.1 Å². The van der Waals surface area contributed by atoms with Gasteiger partial charge in [0.15, 0.2) is 0 Å². The van der Waals surface area contributed by atoms with Gasteiger partial charge in [-0.1, -0.05) is 30.3 Å². The molecular formula is C13H19ClN2O. The van der Waals surface area contributed by atoms with Gasteiger partial charge in [-0.25, -0.2) is 0 Å². The van der Waals surface area contributed by atoms with Crippen LogP contribution in [0.25, 0.3) is 0 Å². The van der Waals surface area contributed by atoms with E-state index in [0.717, 1.165) is 25.4 Å². The lowest BCUT2D eigenvalue weighted by atomic mass is 9.85. The van der Waals surface area contributed by atoms with E-state index in [4.69, 9.17) is 10.5 Å². The molecule has 2 rings (SSSR count). The second-order valence-corrected chi connectivity index (χ2v) is 4.27. The summed E-state index contributed by atoms with van der Waals surface area (Å²) in [6.07, 6.45) is 1.05. The predicted octanol–water partition coefficient (Wildman–Crippen LogP) is -3.12. The minimum absolute atomic E-state index is 0. The molecule has 1 aliphatic rings. The molecule has 0 amide bonds. The topological polar surface area (TPSA) is 49.2 Å². The number of hydrogen-bond acceptors (Lipinski definition) is 2. The molecule has 94 valence electrons. The average Bonchev–Trinajstić information content (AvgIpc) is 2.69. The molecule has 0 bridgehead atoms. The molecule has 0 radical (unpaired) electrons. The van der Waals surface area contributed by atoms with Crippen LogP contribution < -0.4 is 23.1 Å². The van der Waals surface area contributed by atoms with Crippen LogP contribution in [0.5, 0.6) is 0 Å². The number of hydrogen-bond donors (Lipinski definition) is 2. The molecule has 1 aromatic rings. The first-order chi connectivity index (χ1) is 7.83. The standard InChI is InChI=1S/C13H18N2O.ClH/c1-16-8-7-11-9-15-13(14)12(11)10-5-3-2-4-6-10;/h2-6,11-12H,7-9H2,1H3,(H2,14,15);1H. The molecule has 0 aromatic heterocycles. The molecule has 17 heavy (non-hydrogen) atoms. The van der Waals surface area contributed by atoms with Gasteiger partial charge in [0.2, 0.25) is 5.84 Å². The van der Waals surface area contributed by atoms with Crippen molar-refractivity contribution in [1.82, 2.24) is 0 Å². The third kappa shape index (κ3) is 3.20. The molecule has 0 saturated heterocycles. The molecule has 0 fully saturated rings. The van der Waals surface area contributed by atoms with Crippen LogP contribution in [0.4, 0.5) is 0 Å². The minimum atomic E-state index is 0. The Balaban J connectivity index is 0.00000144. The van der Waals surface area contributed by atoms with Gasteiger partial charge in [0.05, 0.1) is 12.5 Å². The zero-order valence-corrected chi connectivity index (χ0v) is 10.8. The van der Waals surface area contributed by atoms with Crippen LogP contribution in [-0.4, -0.2) is 26.1 Å². The summed E-state index contributed by atoms with van der Waals surface area (Å²) < 4.78 is 5.15. The fraction of sp³-hybridized carbons (Fsp3) is 0.462. The van der Waals surface area contributed by atoms with Crippen LogP contribution >= 0.6 is 0 Å². The molecule has 3 N–H and O–H groups in total. The number of benzene rings is 1. The number of ether oxygens (including phenoxy) is 1. The molecule has 1 aromatic carbocycles. The Kier molecular flexibility index (Phi) is 5.45. The van der Waals surface area contributed by atoms with Crippen molar-refractivity contribution in [3.63, 3.8) is 0 Å². The lowest BCUT2D eigenvalue weighted by Crippen LogP contribution is -3.00. The smallest absolute Gasteiger partial charge is 0.248 e. The Hall–Kier alpha value is -1.06. The first-order valence-corrected chi connectivity index (χ1v) is 5.73. The van der Waals surface area contributed by atoms with E-state index in [2.05, 4.69) is 29.3 Å². The van der Waals surface area contributed by atoms with Crippen molar-refractivity contribution >= 4 is 5.84 Å². The quantitative estimate of drug-likeness (QED) is 0.598. The molecule has 2 unspecified atom stereocenters. The van der Waals surface area contributed by atoms with Crippen molar-refractivity contribution < 1.29 is 22.1 Å². The average molecular weight is 255 g/mol. The van der Waals surface area contributed by atoms with Crippen molar-refractivity contribution in [2.45, 2.75) is 12.3 Å². The van der Waals surface area contributed by atoms with Crippen molar-refractivity contribution in [3.8, 4) is 0 Å². The summed E-state index contributed by atoms with van der Waals surface area (Å²) in [5.41, 5.74) is 7.34. The van der Waals surface area contributed by atoms with E-state index in [9.17, 15) is 0 Å². The second kappa shape index (κ2) is 6.62. The monoisotopic (exact) mass is 254 g/mol. The van der Waals surface area contributed by atoms with Crippen LogP contribution in [0.1, 0.15) is 17.9 Å². The Morgan fingerprint density at radius 2 is 2.06 bits per heavy atom. The summed E-state index contributed by atoms with van der Waals surface area (Å²) in [5.74, 6) is 1.77. The Bertz CT molecular complexity index is 367. The molecule has 0 aliphatic carbocycles. The zero-order valence-electron chi connectivity index (χ0n) is 10.0. The van der Waals surface area contributed by atoms with Gasteiger partial charge >= 0.3 is 0 Å². The largest absolute Gasteiger partial charge is 1.00 e. The van der Waals surface area contributed by atoms with Crippen LogP contribution in [0, 0.1) is 5.92 Å². The van der Waals surface area contributed by atoms with E-state index in [0.29, 0.717) is 11.8 Å². The molecule has 2 atom stereocenters. The lowest BCUT2D eigenvalue weighted by Gasteiger charge is -2.16. The molecule has 1 aliphatic heterocycles. The van der Waals surface area contributed by atoms with Crippen LogP contribution in [0.3, 0.4) is 0 Å². The number of nitrogens with one attached hydrogen (secondary N) is 1. The highest BCUT2D eigenvalue weighted by atomic mass is 35.5. The van der Waals surface area contributed by atoms with E-state index >= 15 is 0 Å². The third-order valence-corrected chi connectivity index (χ3v) is 3.23. The maximum atomic E-state index is 6.04. The van der Waals surface area contributed by atoms with E-state index in [-0.39, 0.29) is 12.4 Å². The maximum Gasteiger partial charge on any atom is 0.248 e. The molecule has 1 heterocycles. The summed E-state index contributed by atoms with van der Waals surface area (Å²) in [6.45, 7) is 1.75. The Morgan fingerprint density at radius 1 is 1.35 bits per heavy atom. The second-order valence-electron chi connectivity index (χ2n) is 4.27. The summed E-state index contributed by atoms with van der Waals surface area (Å²) in [7, 11) is 1.74. The van der Waals surface area contributed by atoms with Crippen LogP contribution in [0.15, 0.2) is 30.3 Å². The molecule has 0 saturated carbocycles. The van der Waals surface area contributed by atoms with E-state index in [1.807, 2.05) is 6.07 Å². The highest BCUT2D eigenvalue weighted by Crippen LogP contribution is 2.27. The fourth-order valence-corrected chi connectivity index (χ4v) is 2.38. The van der Waals surface area contributed by atoms with Crippen molar-refractivity contribution in [2.75, 3.05) is 20.3 Å². The number of amidine groups is 1. The lowest BCUT2D eigenvalue weighted by molar-refractivity contribution is -0.454. The highest BCUT2D eigenvalue weighted by Gasteiger charge is 2.34. The first-order valence-electron chi connectivity index (χ1n) is 5.73. The summed E-state index contributed by atoms with van der Waals surface area (Å²) >= 11 is 0. The number of nitrogens with two attached hydrogens (primary N) is 1. The first kappa shape index (κ1) is 14.0. The van der Waals surface area contributed by atoms with Gasteiger partial charge in [-0.05, 0) is 12.0 Å².